The Hall–Kier alpha value is -2.30. The van der Waals surface area contributed by atoms with Crippen LogP contribution in [-0.2, 0) is 9.59 Å². The third kappa shape index (κ3) is 3.45. The normalized spacial score (nSPS) is 17.8. The number of amides is 1. The summed E-state index contributed by atoms with van der Waals surface area (Å²) in [6.07, 6.45) is 1.07. The molecule has 0 saturated carbocycles. The maximum absolute atomic E-state index is 12.4. The van der Waals surface area contributed by atoms with E-state index in [1.807, 2.05) is 45.0 Å². The van der Waals surface area contributed by atoms with Crippen molar-refractivity contribution >= 4 is 11.7 Å². The van der Waals surface area contributed by atoms with Crippen LogP contribution in [0.25, 0.3) is 0 Å². The smallest absolute Gasteiger partial charge is 0.290 e. The van der Waals surface area contributed by atoms with Gasteiger partial charge in [0.2, 0.25) is 0 Å². The predicted octanol–water partition coefficient (Wildman–Crippen LogP) is 3.56. The lowest BCUT2D eigenvalue weighted by atomic mass is 9.95. The van der Waals surface area contributed by atoms with Crippen molar-refractivity contribution in [2.75, 3.05) is 6.54 Å². The summed E-state index contributed by atoms with van der Waals surface area (Å²) in [5, 5.41) is 10.2. The average Bonchev–Trinajstić information content (AvgIpc) is 2.80. The number of rotatable bonds is 7. The molecule has 2 rings (SSSR count). The van der Waals surface area contributed by atoms with E-state index in [0.29, 0.717) is 6.54 Å². The van der Waals surface area contributed by atoms with E-state index in [1.165, 1.54) is 0 Å². The topological polar surface area (TPSA) is 66.8 Å². The number of hydrogen-bond acceptors (Lipinski definition) is 4. The standard InChI is InChI=1S/C19H25NO4/c1-5-11-20-17(16(15(21)6-2)18(22)19(20)23)13-7-9-14(10-8-13)24-12(3)4/h7-10,12,17,22H,5-6,11H2,1-4H3. The van der Waals surface area contributed by atoms with E-state index < -0.39 is 17.7 Å². The van der Waals surface area contributed by atoms with Crippen molar-refractivity contribution in [3.05, 3.63) is 41.2 Å². The Bertz CT molecular complexity index is 646. The molecule has 24 heavy (non-hydrogen) atoms. The van der Waals surface area contributed by atoms with Crippen LogP contribution >= 0.6 is 0 Å². The third-order valence-corrected chi connectivity index (χ3v) is 3.96. The van der Waals surface area contributed by atoms with E-state index >= 15 is 0 Å². The van der Waals surface area contributed by atoms with E-state index in [2.05, 4.69) is 0 Å². The van der Waals surface area contributed by atoms with Crippen LogP contribution in [0.1, 0.15) is 52.1 Å². The molecule has 1 heterocycles. The average molecular weight is 331 g/mol. The zero-order valence-corrected chi connectivity index (χ0v) is 14.7. The summed E-state index contributed by atoms with van der Waals surface area (Å²) in [5.41, 5.74) is 1.00. The Morgan fingerprint density at radius 1 is 1.25 bits per heavy atom. The second-order valence-corrected chi connectivity index (χ2v) is 6.18. The first-order chi connectivity index (χ1) is 11.4. The van der Waals surface area contributed by atoms with Crippen molar-refractivity contribution in [2.45, 2.75) is 52.7 Å². The van der Waals surface area contributed by atoms with Crippen LogP contribution < -0.4 is 4.74 Å². The van der Waals surface area contributed by atoms with Crippen LogP contribution in [0.15, 0.2) is 35.6 Å². The van der Waals surface area contributed by atoms with Crippen molar-refractivity contribution in [2.24, 2.45) is 0 Å². The Balaban J connectivity index is 2.42. The highest BCUT2D eigenvalue weighted by Gasteiger charge is 2.42. The number of carbonyl (C=O) groups excluding carboxylic acids is 2. The first-order valence-corrected chi connectivity index (χ1v) is 8.44. The van der Waals surface area contributed by atoms with Crippen molar-refractivity contribution in [1.29, 1.82) is 0 Å². The van der Waals surface area contributed by atoms with Gasteiger partial charge in [-0.1, -0.05) is 26.0 Å². The highest BCUT2D eigenvalue weighted by Crippen LogP contribution is 2.38. The van der Waals surface area contributed by atoms with Crippen LogP contribution in [0.4, 0.5) is 0 Å². The number of carbonyl (C=O) groups is 2. The lowest BCUT2D eigenvalue weighted by Gasteiger charge is -2.26. The van der Waals surface area contributed by atoms with Gasteiger partial charge in [0.25, 0.3) is 5.91 Å². The molecule has 0 radical (unpaired) electrons. The minimum atomic E-state index is -0.530. The van der Waals surface area contributed by atoms with Gasteiger partial charge in [-0.15, -0.1) is 0 Å². The molecule has 0 fully saturated rings. The molecule has 1 aromatic carbocycles. The first kappa shape index (κ1) is 18.0. The van der Waals surface area contributed by atoms with Crippen LogP contribution in [0, 0.1) is 0 Å². The van der Waals surface area contributed by atoms with Gasteiger partial charge < -0.3 is 14.7 Å². The van der Waals surface area contributed by atoms with Gasteiger partial charge in [0.05, 0.1) is 17.7 Å². The first-order valence-electron chi connectivity index (χ1n) is 8.44. The summed E-state index contributed by atoms with van der Waals surface area (Å²) in [5.74, 6) is -0.354. The summed E-state index contributed by atoms with van der Waals surface area (Å²) < 4.78 is 5.63. The maximum atomic E-state index is 12.4. The van der Waals surface area contributed by atoms with E-state index in [-0.39, 0.29) is 23.9 Å². The minimum absolute atomic E-state index is 0.0710. The molecule has 0 spiro atoms. The van der Waals surface area contributed by atoms with E-state index in [9.17, 15) is 14.7 Å². The van der Waals surface area contributed by atoms with Crippen molar-refractivity contribution in [1.82, 2.24) is 4.90 Å². The number of Topliss-reactive ketones (excluding diaryl/α,β-unsaturated/α-hetero) is 1. The van der Waals surface area contributed by atoms with Crippen LogP contribution in [0.5, 0.6) is 5.75 Å². The summed E-state index contributed by atoms with van der Waals surface area (Å²) in [6, 6.07) is 6.82. The Labute approximate surface area is 142 Å². The highest BCUT2D eigenvalue weighted by atomic mass is 16.5. The summed E-state index contributed by atoms with van der Waals surface area (Å²) >= 11 is 0. The molecule has 0 saturated heterocycles. The molecule has 1 amide bonds. The van der Waals surface area contributed by atoms with Gasteiger partial charge in [-0.2, -0.15) is 0 Å². The molecular formula is C19H25NO4. The van der Waals surface area contributed by atoms with Gasteiger partial charge in [-0.05, 0) is 38.0 Å². The molecule has 1 N–H and O–H groups in total. The molecule has 1 aliphatic heterocycles. The van der Waals surface area contributed by atoms with Crippen LogP contribution in [-0.4, -0.2) is 34.3 Å². The van der Waals surface area contributed by atoms with E-state index in [1.54, 1.807) is 11.8 Å². The summed E-state index contributed by atoms with van der Waals surface area (Å²) in [4.78, 5) is 26.2. The fourth-order valence-electron chi connectivity index (χ4n) is 2.95. The predicted molar refractivity (Wildman–Crippen MR) is 91.9 cm³/mol. The molecule has 1 aliphatic rings. The second-order valence-electron chi connectivity index (χ2n) is 6.18. The molecular weight excluding hydrogens is 306 g/mol. The Morgan fingerprint density at radius 3 is 2.38 bits per heavy atom. The largest absolute Gasteiger partial charge is 0.503 e. The van der Waals surface area contributed by atoms with Gasteiger partial charge in [0, 0.05) is 13.0 Å². The van der Waals surface area contributed by atoms with Crippen molar-refractivity contribution in [3.8, 4) is 5.75 Å². The number of ether oxygens (including phenoxy) is 1. The van der Waals surface area contributed by atoms with Gasteiger partial charge in [0.15, 0.2) is 11.5 Å². The molecule has 1 aromatic rings. The third-order valence-electron chi connectivity index (χ3n) is 3.96. The zero-order valence-electron chi connectivity index (χ0n) is 14.7. The van der Waals surface area contributed by atoms with Gasteiger partial charge in [-0.3, -0.25) is 9.59 Å². The molecule has 1 unspecified atom stereocenters. The lowest BCUT2D eigenvalue weighted by molar-refractivity contribution is -0.129. The molecule has 130 valence electrons. The number of ketones is 1. The quantitative estimate of drug-likeness (QED) is 0.829. The van der Waals surface area contributed by atoms with Crippen molar-refractivity contribution < 1.29 is 19.4 Å². The van der Waals surface area contributed by atoms with Gasteiger partial charge >= 0.3 is 0 Å². The Kier molecular flexibility index (Phi) is 5.65. The second kappa shape index (κ2) is 7.51. The van der Waals surface area contributed by atoms with Gasteiger partial charge in [-0.25, -0.2) is 0 Å². The van der Waals surface area contributed by atoms with Gasteiger partial charge in [0.1, 0.15) is 5.75 Å². The molecule has 1 atom stereocenters. The van der Waals surface area contributed by atoms with Crippen LogP contribution in [0.2, 0.25) is 0 Å². The lowest BCUT2D eigenvalue weighted by Crippen LogP contribution is -2.31. The van der Waals surface area contributed by atoms with Crippen molar-refractivity contribution in [3.63, 3.8) is 0 Å². The maximum Gasteiger partial charge on any atom is 0.290 e. The fourth-order valence-corrected chi connectivity index (χ4v) is 2.95. The molecule has 5 heteroatoms. The van der Waals surface area contributed by atoms with E-state index in [0.717, 1.165) is 17.7 Å². The molecule has 0 aromatic heterocycles. The molecule has 0 bridgehead atoms. The highest BCUT2D eigenvalue weighted by molar-refractivity contribution is 6.08. The number of benzene rings is 1. The number of nitrogens with zero attached hydrogens (tertiary/aromatic N) is 1. The summed E-state index contributed by atoms with van der Waals surface area (Å²) in [6.45, 7) is 8.07. The van der Waals surface area contributed by atoms with Crippen LogP contribution in [0.3, 0.4) is 0 Å². The number of aliphatic hydroxyl groups excluding tert-OH is 1. The monoisotopic (exact) mass is 331 g/mol. The van der Waals surface area contributed by atoms with E-state index in [4.69, 9.17) is 4.74 Å². The number of aliphatic hydroxyl groups is 1. The Morgan fingerprint density at radius 2 is 1.88 bits per heavy atom. The summed E-state index contributed by atoms with van der Waals surface area (Å²) in [7, 11) is 0. The SMILES string of the molecule is CCCN1C(=O)C(O)=C(C(=O)CC)C1c1ccc(OC(C)C)cc1. The minimum Gasteiger partial charge on any atom is -0.503 e. The fraction of sp³-hybridized carbons (Fsp3) is 0.474. The molecule has 5 nitrogen and oxygen atoms in total. The number of hydrogen-bond donors (Lipinski definition) is 1. The molecule has 0 aliphatic carbocycles. The zero-order chi connectivity index (χ0) is 17.9.